The molecule has 0 fully saturated rings. The first-order valence-electron chi connectivity index (χ1n) is 42.0. The van der Waals surface area contributed by atoms with Crippen LogP contribution in [0.4, 0.5) is 0 Å². The summed E-state index contributed by atoms with van der Waals surface area (Å²) in [6.45, 7) is 41.8. The maximum Gasteiger partial charge on any atom is 0.339 e. The van der Waals surface area contributed by atoms with Crippen molar-refractivity contribution in [2.75, 3.05) is 0 Å². The topological polar surface area (TPSA) is 222 Å². The third-order valence-corrected chi connectivity index (χ3v) is 21.4. The predicted molar refractivity (Wildman–Crippen MR) is 474 cm³/mol. The lowest BCUT2D eigenvalue weighted by molar-refractivity contribution is 0.0680. The number of ether oxygens (including phenoxy) is 5. The van der Waals surface area contributed by atoms with Gasteiger partial charge in [0.1, 0.15) is 96.6 Å². The molecule has 5 heterocycles. The van der Waals surface area contributed by atoms with Crippen LogP contribution in [0.15, 0.2) is 138 Å². The quantitative estimate of drug-likeness (QED) is 0.0179. The highest BCUT2D eigenvalue weighted by molar-refractivity contribution is 5.96. The van der Waals surface area contributed by atoms with Gasteiger partial charge in [-0.05, 0) is 331 Å². The number of carbonyl (C=O) groups is 2. The molecule has 0 saturated carbocycles. The number of fused-ring (bicyclic) bond motifs is 7. The highest BCUT2D eigenvalue weighted by atomic mass is 16.5. The fourth-order valence-electron chi connectivity index (χ4n) is 15.1. The molecule has 11 rings (SSSR count). The monoisotopic (exact) mass is 1570 g/mol. The van der Waals surface area contributed by atoms with Crippen molar-refractivity contribution in [3.63, 3.8) is 0 Å². The minimum atomic E-state index is -1.11. The van der Waals surface area contributed by atoms with Crippen LogP contribution in [0.2, 0.25) is 0 Å². The number of hydrogen-bond acceptors (Lipinski definition) is 12. The molecule has 14 heteroatoms. The molecule has 4 unspecified atom stereocenters. The van der Waals surface area contributed by atoms with E-state index in [4.69, 9.17) is 23.7 Å². The van der Waals surface area contributed by atoms with Gasteiger partial charge in [-0.1, -0.05) is 150 Å². The fourth-order valence-corrected chi connectivity index (χ4v) is 15.1. The summed E-state index contributed by atoms with van der Waals surface area (Å²) in [6.07, 6.45) is 45.3. The molecule has 622 valence electrons. The number of aromatic hydroxyl groups is 5. The van der Waals surface area contributed by atoms with Crippen molar-refractivity contribution in [1.29, 1.82) is 0 Å². The third-order valence-electron chi connectivity index (χ3n) is 21.4. The molecule has 7 N–H and O–H groups in total. The highest BCUT2D eigenvalue weighted by Crippen LogP contribution is 2.51. The molecule has 4 atom stereocenters. The molecule has 6 aromatic carbocycles. The number of aryl methyl sites for hydroxylation is 6. The lowest BCUT2D eigenvalue weighted by atomic mass is 9.84. The fraction of sp³-hybridized carbons (Fsp3) is 0.465. The lowest BCUT2D eigenvalue weighted by Crippen LogP contribution is -2.32. The van der Waals surface area contributed by atoms with Crippen LogP contribution >= 0.6 is 0 Å². The number of rotatable bonds is 28. The second-order valence-electron chi connectivity index (χ2n) is 34.1. The van der Waals surface area contributed by atoms with Crippen LogP contribution in [0.3, 0.4) is 0 Å². The van der Waals surface area contributed by atoms with Gasteiger partial charge in [0.05, 0.1) is 27.8 Å². The molecule has 0 bridgehead atoms. The standard InChI is InChI=1S/C22H30O4.C21H30O2.C20H26O4.C19H22O2.C19H26O2/c1-5-6-7-10-16-14-18-17(20(23)19(16)21(24)25)11-13-22(4,26-18)12-8-9-15(2)3;1-5-6-7-10-17-14-19(22)18-11-13-21(4,23-20(18)15-17)12-8-9-16(2)3;1-5-7-14-12-16-15(18(21)17(14)19(22)23)9-11-20(4,24-16)10-6-8-13(2)3;1-5-6-13-10-16(20)18-14-9-12(2)7-8-15(14)19(3,4)21-17(18)11-13;1-5-7-15-12-17(20)16-9-11-19(4,21-18(16)13-15)10-6-8-14(2)3/h9,11,13-14,23H,5-8,10,12H2,1-4H3,(H,24,25);9,11,13-15,22H,5-8,10,12H2,1-4H3;8-9,11-12,21H,5-7,10H2,1-4H3,(H,22,23);7-11,20H,5-6H2,1-4H3;8-9,11-13,20H,5-7,10H2,1-4H3. The van der Waals surface area contributed by atoms with Gasteiger partial charge in [-0.2, -0.15) is 0 Å². The van der Waals surface area contributed by atoms with E-state index in [2.05, 4.69) is 191 Å². The third kappa shape index (κ3) is 25.8. The van der Waals surface area contributed by atoms with Crippen LogP contribution in [-0.2, 0) is 37.7 Å². The molecular weight excluding hydrogens is 1440 g/mol. The summed E-state index contributed by atoms with van der Waals surface area (Å²) < 4.78 is 31.0. The number of aromatic carboxylic acids is 2. The van der Waals surface area contributed by atoms with Crippen molar-refractivity contribution in [2.24, 2.45) is 0 Å². The average molecular weight is 1570 g/mol. The number of benzene rings is 6. The lowest BCUT2D eigenvalue weighted by Gasteiger charge is -2.35. The van der Waals surface area contributed by atoms with Gasteiger partial charge >= 0.3 is 11.9 Å². The largest absolute Gasteiger partial charge is 0.507 e. The van der Waals surface area contributed by atoms with Gasteiger partial charge in [0.15, 0.2) is 0 Å². The van der Waals surface area contributed by atoms with Gasteiger partial charge in [0, 0.05) is 5.56 Å². The van der Waals surface area contributed by atoms with Crippen molar-refractivity contribution in [3.8, 4) is 68.6 Å². The van der Waals surface area contributed by atoms with Crippen LogP contribution in [0, 0.1) is 6.92 Å². The molecule has 14 nitrogen and oxygen atoms in total. The van der Waals surface area contributed by atoms with E-state index in [9.17, 15) is 45.3 Å². The number of hydrogen-bond donors (Lipinski definition) is 7. The Hall–Kier alpha value is -9.82. The molecule has 6 aromatic rings. The molecule has 0 amide bonds. The van der Waals surface area contributed by atoms with Crippen LogP contribution < -0.4 is 23.7 Å². The molecule has 0 saturated heterocycles. The van der Waals surface area contributed by atoms with Crippen molar-refractivity contribution >= 4 is 36.2 Å². The molecular formula is C101H134O14. The van der Waals surface area contributed by atoms with E-state index in [1.54, 1.807) is 24.3 Å². The van der Waals surface area contributed by atoms with Crippen molar-refractivity contribution in [1.82, 2.24) is 0 Å². The van der Waals surface area contributed by atoms with Crippen LogP contribution in [0.5, 0.6) is 57.5 Å². The Balaban J connectivity index is 0.000000199. The summed E-state index contributed by atoms with van der Waals surface area (Å²) >= 11 is 0. The van der Waals surface area contributed by atoms with E-state index in [0.717, 1.165) is 177 Å². The van der Waals surface area contributed by atoms with Crippen molar-refractivity contribution in [3.05, 3.63) is 210 Å². The molecule has 0 aromatic heterocycles. The minimum Gasteiger partial charge on any atom is -0.507 e. The summed E-state index contributed by atoms with van der Waals surface area (Å²) in [6, 6.07) is 21.8. The first kappa shape index (κ1) is 92.4. The Morgan fingerprint density at radius 2 is 0.713 bits per heavy atom. The van der Waals surface area contributed by atoms with Gasteiger partial charge in [0.2, 0.25) is 0 Å². The summed E-state index contributed by atoms with van der Waals surface area (Å²) in [5.74, 6) is 1.92. The number of carboxylic acids is 2. The molecule has 5 aliphatic rings. The Kier molecular flexibility index (Phi) is 33.4. The first-order valence-corrected chi connectivity index (χ1v) is 42.0. The Morgan fingerprint density at radius 3 is 1.08 bits per heavy atom. The molecule has 0 aliphatic carbocycles. The summed E-state index contributed by atoms with van der Waals surface area (Å²) in [4.78, 5) is 23.2. The van der Waals surface area contributed by atoms with Crippen LogP contribution in [0.25, 0.3) is 35.4 Å². The zero-order valence-corrected chi connectivity index (χ0v) is 72.8. The van der Waals surface area contributed by atoms with E-state index in [-0.39, 0.29) is 39.4 Å². The highest BCUT2D eigenvalue weighted by Gasteiger charge is 2.37. The maximum absolute atomic E-state index is 11.7. The number of phenols is 5. The maximum atomic E-state index is 11.7. The molecule has 115 heavy (non-hydrogen) atoms. The summed E-state index contributed by atoms with van der Waals surface area (Å²) in [5, 5.41) is 70.8. The zero-order valence-electron chi connectivity index (χ0n) is 72.8. The van der Waals surface area contributed by atoms with E-state index in [0.29, 0.717) is 63.8 Å². The van der Waals surface area contributed by atoms with Gasteiger partial charge in [-0.25, -0.2) is 9.59 Å². The van der Waals surface area contributed by atoms with Crippen LogP contribution in [0.1, 0.15) is 323 Å². The van der Waals surface area contributed by atoms with Gasteiger partial charge in [-0.3, -0.25) is 0 Å². The van der Waals surface area contributed by atoms with E-state index in [1.807, 2.05) is 63.3 Å². The Bertz CT molecular complexity index is 4630. The number of allylic oxidation sites excluding steroid dienone is 8. The Labute approximate surface area is 687 Å². The summed E-state index contributed by atoms with van der Waals surface area (Å²) in [7, 11) is 0. The zero-order chi connectivity index (χ0) is 84.8. The molecule has 0 radical (unpaired) electrons. The minimum absolute atomic E-state index is 0.00115. The smallest absolute Gasteiger partial charge is 0.339 e. The van der Waals surface area contributed by atoms with Crippen molar-refractivity contribution in [2.45, 2.75) is 308 Å². The second kappa shape index (κ2) is 41.7. The van der Waals surface area contributed by atoms with E-state index in [1.165, 1.54) is 40.7 Å². The summed E-state index contributed by atoms with van der Waals surface area (Å²) in [5.41, 5.74) is 14.7. The first-order chi connectivity index (χ1) is 54.3. The van der Waals surface area contributed by atoms with Gasteiger partial charge < -0.3 is 59.4 Å². The SMILES string of the molecule is CCCCCc1cc(O)c2c(c1)OC(C)(CCC=C(C)C)C=C2.CCCCCc1cc2c(c(O)c1C(=O)O)C=CC(C)(CCC=C(C)C)O2.CCCc1cc(O)c2c(c1)OC(C)(C)c1ccc(C)cc1-2.CCCc1cc(O)c2c(c1)OC(C)(CCC=C(C)C)C=C2.CCCc1cc2c(c(O)c1C(=O)O)C=CC(C)(CCC=C(C)C)O2. The van der Waals surface area contributed by atoms with Crippen molar-refractivity contribution < 1.29 is 69.0 Å². The van der Waals surface area contributed by atoms with E-state index >= 15 is 0 Å². The molecule has 0 spiro atoms. The Morgan fingerprint density at radius 1 is 0.374 bits per heavy atom. The van der Waals surface area contributed by atoms with Gasteiger partial charge in [-0.15, -0.1) is 0 Å². The predicted octanol–water partition coefficient (Wildman–Crippen LogP) is 26.9. The average Bonchev–Trinajstić information content (AvgIpc) is 0.745. The normalized spacial score (nSPS) is 18.2. The van der Waals surface area contributed by atoms with Gasteiger partial charge in [0.25, 0.3) is 0 Å². The van der Waals surface area contributed by atoms with Crippen LogP contribution in [-0.4, -0.2) is 70.1 Å². The number of phenolic OH excluding ortho intramolecular Hbond substituents is 3. The second-order valence-corrected chi connectivity index (χ2v) is 34.1. The number of carboxylic acid groups (broad SMARTS) is 2. The van der Waals surface area contributed by atoms with E-state index < -0.39 is 23.1 Å². The molecule has 5 aliphatic heterocycles. The number of unbranched alkanes of at least 4 members (excludes halogenated alkanes) is 4.